The van der Waals surface area contributed by atoms with Crippen molar-refractivity contribution in [1.82, 2.24) is 25.0 Å². The molecule has 43 heavy (non-hydrogen) atoms. The van der Waals surface area contributed by atoms with Crippen molar-refractivity contribution in [3.8, 4) is 16.8 Å². The van der Waals surface area contributed by atoms with Crippen molar-refractivity contribution >= 4 is 17.8 Å². The van der Waals surface area contributed by atoms with Gasteiger partial charge in [0.2, 0.25) is 5.82 Å². The van der Waals surface area contributed by atoms with Crippen LogP contribution in [0.4, 0.5) is 4.79 Å². The van der Waals surface area contributed by atoms with Crippen LogP contribution in [-0.4, -0.2) is 68.7 Å². The molecule has 1 atom stereocenters. The molecule has 4 aromatic rings. The number of ether oxygens (including phenoxy) is 1. The first kappa shape index (κ1) is 29.7. The highest BCUT2D eigenvalue weighted by molar-refractivity contribution is 6.02. The van der Waals surface area contributed by atoms with Crippen molar-refractivity contribution in [2.75, 3.05) is 19.6 Å². The summed E-state index contributed by atoms with van der Waals surface area (Å²) in [6.07, 6.45) is 0.219. The van der Waals surface area contributed by atoms with Gasteiger partial charge in [-0.3, -0.25) is 14.5 Å². The summed E-state index contributed by atoms with van der Waals surface area (Å²) in [4.78, 5) is 43.4. The van der Waals surface area contributed by atoms with E-state index < -0.39 is 23.6 Å². The first-order valence-electron chi connectivity index (χ1n) is 14.3. The zero-order valence-electron chi connectivity index (χ0n) is 24.8. The van der Waals surface area contributed by atoms with Gasteiger partial charge < -0.3 is 15.8 Å². The van der Waals surface area contributed by atoms with Crippen LogP contribution < -0.4 is 11.1 Å². The molecule has 10 heteroatoms. The van der Waals surface area contributed by atoms with E-state index in [0.717, 1.165) is 27.9 Å². The van der Waals surface area contributed by atoms with Crippen LogP contribution >= 0.6 is 0 Å². The number of primary amides is 1. The summed E-state index contributed by atoms with van der Waals surface area (Å²) in [5, 5.41) is 7.43. The average Bonchev–Trinajstić information content (AvgIpc) is 3.38. The fraction of sp³-hybridized carbons (Fsp3) is 0.303. The number of nitrogens with one attached hydrogen (secondary N) is 1. The Morgan fingerprint density at radius 3 is 2.35 bits per heavy atom. The maximum atomic E-state index is 13.5. The standard InChI is InChI=1S/C33H36N6O4/c1-21-36-31(30(34)41)37-39(21)26-15-9-22(10-16-26)19-25-7-5-6-8-27(25)23-11-13-24(14-12-23)29(40)28-20-35-17-18-38(28)32(42)43-33(2,3)4/h5-16,28,35H,17-20H2,1-4H3,(H2,34,41). The Morgan fingerprint density at radius 1 is 1.00 bits per heavy atom. The smallest absolute Gasteiger partial charge is 0.411 e. The molecule has 1 aliphatic heterocycles. The lowest BCUT2D eigenvalue weighted by molar-refractivity contribution is 0.0125. The van der Waals surface area contributed by atoms with Gasteiger partial charge in [-0.15, -0.1) is 5.10 Å². The molecule has 3 aromatic carbocycles. The van der Waals surface area contributed by atoms with Crippen molar-refractivity contribution in [2.24, 2.45) is 5.73 Å². The van der Waals surface area contributed by atoms with Gasteiger partial charge in [-0.2, -0.15) is 0 Å². The van der Waals surface area contributed by atoms with E-state index in [9.17, 15) is 14.4 Å². The number of aryl methyl sites for hydroxylation is 1. The van der Waals surface area contributed by atoms with Gasteiger partial charge in [0.05, 0.1) is 5.69 Å². The molecule has 0 bridgehead atoms. The minimum atomic E-state index is -0.666. The van der Waals surface area contributed by atoms with E-state index in [0.29, 0.717) is 37.4 Å². The molecule has 1 unspecified atom stereocenters. The molecular formula is C33H36N6O4. The van der Waals surface area contributed by atoms with Gasteiger partial charge >= 0.3 is 6.09 Å². The lowest BCUT2D eigenvalue weighted by Crippen LogP contribution is -2.57. The maximum Gasteiger partial charge on any atom is 0.411 e. The lowest BCUT2D eigenvalue weighted by Gasteiger charge is -2.36. The van der Waals surface area contributed by atoms with Gasteiger partial charge in [-0.25, -0.2) is 14.5 Å². The number of carbonyl (C=O) groups excluding carboxylic acids is 3. The van der Waals surface area contributed by atoms with Crippen molar-refractivity contribution in [3.05, 3.63) is 101 Å². The Balaban J connectivity index is 1.32. The Kier molecular flexibility index (Phi) is 8.40. The number of amides is 2. The Morgan fingerprint density at radius 2 is 1.70 bits per heavy atom. The molecule has 222 valence electrons. The van der Waals surface area contributed by atoms with Crippen LogP contribution in [-0.2, 0) is 11.2 Å². The quantitative estimate of drug-likeness (QED) is 0.311. The van der Waals surface area contributed by atoms with E-state index in [4.69, 9.17) is 10.5 Å². The zero-order valence-corrected chi connectivity index (χ0v) is 24.8. The molecule has 5 rings (SSSR count). The Labute approximate surface area is 250 Å². The average molecular weight is 581 g/mol. The maximum absolute atomic E-state index is 13.5. The van der Waals surface area contributed by atoms with Crippen molar-refractivity contribution in [1.29, 1.82) is 0 Å². The highest BCUT2D eigenvalue weighted by Crippen LogP contribution is 2.27. The van der Waals surface area contributed by atoms with Gasteiger partial charge in [0.1, 0.15) is 17.5 Å². The summed E-state index contributed by atoms with van der Waals surface area (Å²) in [6, 6.07) is 23.0. The number of hydrogen-bond acceptors (Lipinski definition) is 7. The Hall–Kier alpha value is -4.83. The second-order valence-corrected chi connectivity index (χ2v) is 11.6. The van der Waals surface area contributed by atoms with Crippen molar-refractivity contribution < 1.29 is 19.1 Å². The summed E-state index contributed by atoms with van der Waals surface area (Å²) in [7, 11) is 0. The van der Waals surface area contributed by atoms with Crippen LogP contribution in [0.2, 0.25) is 0 Å². The van der Waals surface area contributed by atoms with E-state index >= 15 is 0 Å². The van der Waals surface area contributed by atoms with Crippen LogP contribution in [0.15, 0.2) is 72.8 Å². The van der Waals surface area contributed by atoms with Gasteiger partial charge in [-0.05, 0) is 68.5 Å². The van der Waals surface area contributed by atoms with Crippen LogP contribution in [0.5, 0.6) is 0 Å². The van der Waals surface area contributed by atoms with Crippen LogP contribution in [0.1, 0.15) is 58.7 Å². The molecule has 1 aromatic heterocycles. The Bertz CT molecular complexity index is 1640. The number of piperazine rings is 1. The van der Waals surface area contributed by atoms with E-state index in [-0.39, 0.29) is 11.6 Å². The minimum Gasteiger partial charge on any atom is -0.444 e. The van der Waals surface area contributed by atoms with Gasteiger partial charge in [0.25, 0.3) is 5.91 Å². The largest absolute Gasteiger partial charge is 0.444 e. The van der Waals surface area contributed by atoms with E-state index in [1.54, 1.807) is 11.6 Å². The predicted molar refractivity (Wildman–Crippen MR) is 163 cm³/mol. The molecule has 0 aliphatic carbocycles. The van der Waals surface area contributed by atoms with Crippen molar-refractivity contribution in [3.63, 3.8) is 0 Å². The van der Waals surface area contributed by atoms with Gasteiger partial charge in [-0.1, -0.05) is 60.7 Å². The third kappa shape index (κ3) is 6.81. The number of carbonyl (C=O) groups is 3. The molecule has 0 radical (unpaired) electrons. The number of Topliss-reactive ketones (excluding diaryl/α,β-unsaturated/α-hetero) is 1. The van der Waals surface area contributed by atoms with Gasteiger partial charge in [0.15, 0.2) is 5.78 Å². The highest BCUT2D eigenvalue weighted by Gasteiger charge is 2.35. The molecule has 2 heterocycles. The van der Waals surface area contributed by atoms with Gasteiger partial charge in [0, 0.05) is 25.2 Å². The second-order valence-electron chi connectivity index (χ2n) is 11.6. The number of hydrogen-bond donors (Lipinski definition) is 2. The first-order chi connectivity index (χ1) is 20.5. The summed E-state index contributed by atoms with van der Waals surface area (Å²) in [5.41, 5.74) is 10.3. The summed E-state index contributed by atoms with van der Waals surface area (Å²) < 4.78 is 7.15. The zero-order chi connectivity index (χ0) is 30.7. The number of nitrogens with two attached hydrogens (primary N) is 1. The predicted octanol–water partition coefficient (Wildman–Crippen LogP) is 4.32. The molecule has 0 spiro atoms. The molecule has 3 N–H and O–H groups in total. The summed E-state index contributed by atoms with van der Waals surface area (Å²) >= 11 is 0. The topological polar surface area (TPSA) is 132 Å². The molecule has 1 fully saturated rings. The first-order valence-corrected chi connectivity index (χ1v) is 14.3. The molecule has 2 amide bonds. The molecular weight excluding hydrogens is 544 g/mol. The minimum absolute atomic E-state index is 0.0148. The monoisotopic (exact) mass is 580 g/mol. The van der Waals surface area contributed by atoms with Crippen molar-refractivity contribution in [2.45, 2.75) is 45.8 Å². The molecule has 0 saturated carbocycles. The van der Waals surface area contributed by atoms with E-state index in [1.807, 2.05) is 81.4 Å². The number of nitrogens with zero attached hydrogens (tertiary/aromatic N) is 4. The number of rotatable bonds is 7. The number of ketones is 1. The normalized spacial score (nSPS) is 15.3. The summed E-state index contributed by atoms with van der Waals surface area (Å²) in [5.74, 6) is -0.227. The molecule has 1 aliphatic rings. The fourth-order valence-corrected chi connectivity index (χ4v) is 5.15. The van der Waals surface area contributed by atoms with E-state index in [1.165, 1.54) is 4.90 Å². The highest BCUT2D eigenvalue weighted by atomic mass is 16.6. The van der Waals surface area contributed by atoms with E-state index in [2.05, 4.69) is 27.5 Å². The van der Waals surface area contributed by atoms with Crippen LogP contribution in [0.3, 0.4) is 0 Å². The fourth-order valence-electron chi connectivity index (χ4n) is 5.15. The van der Waals surface area contributed by atoms with Crippen LogP contribution in [0.25, 0.3) is 16.8 Å². The summed E-state index contributed by atoms with van der Waals surface area (Å²) in [6.45, 7) is 8.62. The number of benzene rings is 3. The third-order valence-corrected chi connectivity index (χ3v) is 7.24. The lowest BCUT2D eigenvalue weighted by atomic mass is 9.93. The number of aromatic nitrogens is 3. The SMILES string of the molecule is Cc1nc(C(N)=O)nn1-c1ccc(Cc2ccccc2-c2ccc(C(=O)C3CNCCN3C(=O)OC(C)(C)C)cc2)cc1. The molecule has 10 nitrogen and oxygen atoms in total. The third-order valence-electron chi connectivity index (χ3n) is 7.24. The van der Waals surface area contributed by atoms with Crippen LogP contribution in [0, 0.1) is 6.92 Å². The second kappa shape index (κ2) is 12.2. The molecule has 1 saturated heterocycles.